The Balaban J connectivity index is 1.28. The van der Waals surface area contributed by atoms with Crippen molar-refractivity contribution in [3.8, 4) is 0 Å². The number of hydrogen-bond donors (Lipinski definition) is 0. The smallest absolute Gasteiger partial charge is 0.414 e. The number of piperazine rings is 1. The van der Waals surface area contributed by atoms with E-state index >= 15 is 0 Å². The first kappa shape index (κ1) is 21.0. The van der Waals surface area contributed by atoms with E-state index in [4.69, 9.17) is 4.74 Å². The number of halogens is 1. The van der Waals surface area contributed by atoms with E-state index in [0.29, 0.717) is 50.0 Å². The van der Waals surface area contributed by atoms with Gasteiger partial charge in [0.25, 0.3) is 0 Å². The van der Waals surface area contributed by atoms with Crippen molar-refractivity contribution in [1.82, 2.24) is 14.5 Å². The molecule has 2 fully saturated rings. The number of imidazole rings is 1. The van der Waals surface area contributed by atoms with Crippen molar-refractivity contribution in [1.29, 1.82) is 0 Å². The van der Waals surface area contributed by atoms with E-state index in [1.165, 1.54) is 17.2 Å². The van der Waals surface area contributed by atoms with Crippen molar-refractivity contribution in [3.05, 3.63) is 46.2 Å². The number of aryl methyl sites for hydroxylation is 1. The fraction of sp³-hybridized carbons (Fsp3) is 0.500. The van der Waals surface area contributed by atoms with E-state index in [2.05, 4.69) is 9.88 Å². The predicted molar refractivity (Wildman–Crippen MR) is 112 cm³/mol. The summed E-state index contributed by atoms with van der Waals surface area (Å²) in [5, 5.41) is 11.1. The fourth-order valence-electron chi connectivity index (χ4n) is 4.09. The number of anilines is 2. The molecule has 0 saturated carbocycles. The lowest BCUT2D eigenvalue weighted by molar-refractivity contribution is -0.392. The van der Waals surface area contributed by atoms with Crippen LogP contribution in [0.15, 0.2) is 24.4 Å². The molecule has 1 amide bonds. The second-order valence-corrected chi connectivity index (χ2v) is 7.66. The Morgan fingerprint density at radius 3 is 2.61 bits per heavy atom. The van der Waals surface area contributed by atoms with Crippen molar-refractivity contribution in [2.45, 2.75) is 19.9 Å². The Kier molecular flexibility index (Phi) is 6.03. The molecule has 31 heavy (non-hydrogen) atoms. The number of cyclic esters (lactones) is 1. The first-order valence-corrected chi connectivity index (χ1v) is 10.3. The largest absolute Gasteiger partial charge is 0.447 e. The second kappa shape index (κ2) is 8.88. The van der Waals surface area contributed by atoms with Crippen LogP contribution in [0.3, 0.4) is 0 Å². The minimum absolute atomic E-state index is 0.0171. The highest BCUT2D eigenvalue weighted by atomic mass is 19.1. The average Bonchev–Trinajstić information content (AvgIpc) is 3.34. The van der Waals surface area contributed by atoms with E-state index in [9.17, 15) is 19.3 Å². The maximum absolute atomic E-state index is 14.7. The van der Waals surface area contributed by atoms with Crippen molar-refractivity contribution in [2.75, 3.05) is 55.7 Å². The van der Waals surface area contributed by atoms with Crippen molar-refractivity contribution in [2.24, 2.45) is 0 Å². The first-order valence-electron chi connectivity index (χ1n) is 10.3. The molecule has 166 valence electrons. The summed E-state index contributed by atoms with van der Waals surface area (Å²) >= 11 is 0. The summed E-state index contributed by atoms with van der Waals surface area (Å²) in [6.45, 7) is 6.79. The summed E-state index contributed by atoms with van der Waals surface area (Å²) in [5.41, 5.74) is 1.03. The number of nitrogens with zero attached hydrogens (tertiary/aromatic N) is 6. The molecule has 0 spiro atoms. The molecule has 1 aromatic carbocycles. The van der Waals surface area contributed by atoms with Crippen molar-refractivity contribution >= 4 is 23.3 Å². The Bertz CT molecular complexity index is 973. The maximum atomic E-state index is 14.7. The van der Waals surface area contributed by atoms with Gasteiger partial charge in [-0.15, -0.1) is 0 Å². The van der Waals surface area contributed by atoms with Gasteiger partial charge >= 0.3 is 11.9 Å². The van der Waals surface area contributed by atoms with Crippen LogP contribution in [0, 0.1) is 22.9 Å². The number of hydrogen-bond acceptors (Lipinski definition) is 7. The molecule has 4 rings (SSSR count). The summed E-state index contributed by atoms with van der Waals surface area (Å²) in [7, 11) is 0. The molecule has 2 aliphatic rings. The minimum Gasteiger partial charge on any atom is -0.447 e. The van der Waals surface area contributed by atoms with Crippen LogP contribution < -0.4 is 9.80 Å². The van der Waals surface area contributed by atoms with E-state index < -0.39 is 11.0 Å². The molecule has 10 nitrogen and oxygen atoms in total. The van der Waals surface area contributed by atoms with Gasteiger partial charge in [-0.3, -0.25) is 9.80 Å². The average molecular weight is 432 g/mol. The van der Waals surface area contributed by atoms with E-state index in [1.54, 1.807) is 23.6 Å². The molecular weight excluding hydrogens is 407 g/mol. The standard InChI is InChI=1S/C20H25FN6O4/c1-15-22-14-19(27(29)30)25(15)6-2-5-23-7-9-24(10-8-23)18-4-3-16(13-17(18)21)26-11-12-31-20(26)28/h3-4,13-14H,2,5-12H2,1H3. The number of nitro groups is 1. The van der Waals surface area contributed by atoms with Gasteiger partial charge in [-0.05, 0) is 29.5 Å². The highest BCUT2D eigenvalue weighted by Crippen LogP contribution is 2.27. The lowest BCUT2D eigenvalue weighted by Gasteiger charge is -2.36. The molecule has 0 atom stereocenters. The van der Waals surface area contributed by atoms with Crippen LogP contribution in [0.1, 0.15) is 12.2 Å². The normalized spacial score (nSPS) is 17.3. The molecule has 0 radical (unpaired) electrons. The van der Waals surface area contributed by atoms with E-state index in [-0.39, 0.29) is 11.6 Å². The molecule has 0 N–H and O–H groups in total. The number of rotatable bonds is 7. The number of ether oxygens (including phenoxy) is 1. The lowest BCUT2D eigenvalue weighted by atomic mass is 10.2. The number of carbonyl (C=O) groups is 1. The van der Waals surface area contributed by atoms with Crippen LogP contribution in [0.4, 0.5) is 26.4 Å². The molecule has 3 heterocycles. The zero-order valence-electron chi connectivity index (χ0n) is 17.4. The van der Waals surface area contributed by atoms with Crippen LogP contribution in [0.25, 0.3) is 0 Å². The van der Waals surface area contributed by atoms with Gasteiger partial charge < -0.3 is 19.8 Å². The predicted octanol–water partition coefficient (Wildman–Crippen LogP) is 2.41. The second-order valence-electron chi connectivity index (χ2n) is 7.66. The van der Waals surface area contributed by atoms with Gasteiger partial charge in [-0.2, -0.15) is 0 Å². The molecule has 2 aromatic rings. The van der Waals surface area contributed by atoms with Crippen LogP contribution in [0.5, 0.6) is 0 Å². The van der Waals surface area contributed by atoms with Crippen LogP contribution >= 0.6 is 0 Å². The van der Waals surface area contributed by atoms with Crippen LogP contribution in [-0.4, -0.2) is 71.3 Å². The maximum Gasteiger partial charge on any atom is 0.414 e. The first-order chi connectivity index (χ1) is 14.9. The molecule has 1 aromatic heterocycles. The summed E-state index contributed by atoms with van der Waals surface area (Å²) < 4.78 is 21.3. The minimum atomic E-state index is -0.447. The molecule has 2 saturated heterocycles. The van der Waals surface area contributed by atoms with Crippen molar-refractivity contribution < 1.29 is 18.8 Å². The summed E-state index contributed by atoms with van der Waals surface area (Å²) in [6.07, 6.45) is 1.62. The Labute approximate surface area is 179 Å². The SMILES string of the molecule is Cc1ncc([N+](=O)[O-])n1CCCN1CCN(c2ccc(N3CCOC3=O)cc2F)CC1. The van der Waals surface area contributed by atoms with Gasteiger partial charge in [0.1, 0.15) is 18.6 Å². The highest BCUT2D eigenvalue weighted by molar-refractivity contribution is 5.89. The van der Waals surface area contributed by atoms with Gasteiger partial charge in [0.05, 0.1) is 24.5 Å². The highest BCUT2D eigenvalue weighted by Gasteiger charge is 2.26. The molecule has 11 heteroatoms. The summed E-state index contributed by atoms with van der Waals surface area (Å²) in [5.74, 6) is 0.301. The van der Waals surface area contributed by atoms with Gasteiger partial charge in [0.15, 0.2) is 5.82 Å². The zero-order chi connectivity index (χ0) is 22.0. The van der Waals surface area contributed by atoms with E-state index in [0.717, 1.165) is 26.1 Å². The van der Waals surface area contributed by atoms with Gasteiger partial charge in [0.2, 0.25) is 0 Å². The molecule has 0 aliphatic carbocycles. The molecule has 2 aliphatic heterocycles. The van der Waals surface area contributed by atoms with Crippen LogP contribution in [-0.2, 0) is 11.3 Å². The molecular formula is C20H25FN6O4. The monoisotopic (exact) mass is 432 g/mol. The fourth-order valence-corrected chi connectivity index (χ4v) is 4.09. The number of amides is 1. The topological polar surface area (TPSA) is 97.0 Å². The van der Waals surface area contributed by atoms with Gasteiger partial charge in [-0.25, -0.2) is 18.7 Å². The van der Waals surface area contributed by atoms with Crippen LogP contribution in [0.2, 0.25) is 0 Å². The molecule has 0 unspecified atom stereocenters. The van der Waals surface area contributed by atoms with Crippen molar-refractivity contribution in [3.63, 3.8) is 0 Å². The summed E-state index contributed by atoms with van der Waals surface area (Å²) in [4.78, 5) is 32.1. The Morgan fingerprint density at radius 1 is 1.19 bits per heavy atom. The third-order valence-electron chi connectivity index (χ3n) is 5.79. The molecule has 0 bridgehead atoms. The van der Waals surface area contributed by atoms with Gasteiger partial charge in [-0.1, -0.05) is 0 Å². The number of carbonyl (C=O) groups excluding carboxylic acids is 1. The van der Waals surface area contributed by atoms with E-state index in [1.807, 2.05) is 4.90 Å². The third kappa shape index (κ3) is 4.46. The zero-order valence-corrected chi connectivity index (χ0v) is 17.4. The Hall–Kier alpha value is -3.21. The Morgan fingerprint density at radius 2 is 1.97 bits per heavy atom. The van der Waals surface area contributed by atoms with Gasteiger partial charge in [0, 0.05) is 39.6 Å². The third-order valence-corrected chi connectivity index (χ3v) is 5.79. The summed E-state index contributed by atoms with van der Waals surface area (Å²) in [6, 6.07) is 4.85. The number of benzene rings is 1. The lowest BCUT2D eigenvalue weighted by Crippen LogP contribution is -2.47. The number of aromatic nitrogens is 2. The quantitative estimate of drug-likeness (QED) is 0.490.